The van der Waals surface area contributed by atoms with Crippen molar-refractivity contribution in [3.8, 4) is 17.4 Å². The predicted octanol–water partition coefficient (Wildman–Crippen LogP) is 5.68. The van der Waals surface area contributed by atoms with E-state index < -0.39 is 0 Å². The highest BCUT2D eigenvalue weighted by molar-refractivity contribution is 6.37. The number of ether oxygens (including phenoxy) is 3. The number of rotatable bonds is 8. The number of methoxy groups -OCH3 is 1. The van der Waals surface area contributed by atoms with Crippen molar-refractivity contribution in [2.24, 2.45) is 0 Å². The molecule has 0 N–H and O–H groups in total. The van der Waals surface area contributed by atoms with Gasteiger partial charge < -0.3 is 14.2 Å². The summed E-state index contributed by atoms with van der Waals surface area (Å²) in [4.78, 5) is 11.1. The van der Waals surface area contributed by atoms with Crippen molar-refractivity contribution in [1.29, 1.82) is 0 Å². The lowest BCUT2D eigenvalue weighted by molar-refractivity contribution is -0.140. The van der Waals surface area contributed by atoms with E-state index in [9.17, 15) is 4.79 Å². The van der Waals surface area contributed by atoms with Gasteiger partial charge in [0, 0.05) is 24.6 Å². The number of aromatic nitrogens is 2. The molecule has 1 aromatic heterocycles. The van der Waals surface area contributed by atoms with Crippen molar-refractivity contribution in [3.63, 3.8) is 0 Å². The Bertz CT molecular complexity index is 792. The molecule has 27 heavy (non-hydrogen) atoms. The molecule has 0 aliphatic rings. The van der Waals surface area contributed by atoms with Crippen LogP contribution in [0.4, 0.5) is 0 Å². The first-order valence-corrected chi connectivity index (χ1v) is 9.34. The van der Waals surface area contributed by atoms with E-state index >= 15 is 0 Å². The summed E-state index contributed by atoms with van der Waals surface area (Å²) in [5.41, 5.74) is 0.805. The molecule has 9 heteroatoms. The number of halogens is 3. The summed E-state index contributed by atoms with van der Waals surface area (Å²) in [5.74, 6) is 0.808. The first kappa shape index (κ1) is 21.5. The third kappa shape index (κ3) is 6.13. The Hall–Kier alpha value is -1.76. The SMILES string of the molecule is COC(=O)CCCOc1cc(Cl)c(Oc2cc(C(C)C)c(Cl)nn2)c(Cl)c1. The molecule has 6 nitrogen and oxygen atoms in total. The Morgan fingerprint density at radius 1 is 1.11 bits per heavy atom. The van der Waals surface area contributed by atoms with E-state index in [1.54, 1.807) is 18.2 Å². The average molecular weight is 434 g/mol. The van der Waals surface area contributed by atoms with Crippen LogP contribution in [0, 0.1) is 0 Å². The molecule has 2 aromatic rings. The first-order chi connectivity index (χ1) is 12.8. The number of benzene rings is 1. The molecular formula is C18H19Cl3N2O4. The Labute approximate surface area is 172 Å². The molecule has 0 bridgehead atoms. The molecule has 1 aromatic carbocycles. The summed E-state index contributed by atoms with van der Waals surface area (Å²) in [6.45, 7) is 4.29. The zero-order valence-corrected chi connectivity index (χ0v) is 17.4. The molecule has 0 spiro atoms. The molecule has 1 heterocycles. The van der Waals surface area contributed by atoms with Crippen LogP contribution in [0.1, 0.15) is 38.2 Å². The molecule has 0 aliphatic heterocycles. The number of esters is 1. The molecule has 0 aliphatic carbocycles. The van der Waals surface area contributed by atoms with Gasteiger partial charge in [0.15, 0.2) is 10.9 Å². The Kier molecular flexibility index (Phi) is 7.95. The van der Waals surface area contributed by atoms with E-state index in [0.717, 1.165) is 5.56 Å². The van der Waals surface area contributed by atoms with Gasteiger partial charge in [-0.05, 0) is 17.9 Å². The lowest BCUT2D eigenvalue weighted by Gasteiger charge is -2.13. The van der Waals surface area contributed by atoms with Gasteiger partial charge in [0.05, 0.1) is 23.8 Å². The predicted molar refractivity (Wildman–Crippen MR) is 104 cm³/mol. The average Bonchev–Trinajstić information content (AvgIpc) is 2.62. The van der Waals surface area contributed by atoms with Gasteiger partial charge in [-0.25, -0.2) is 0 Å². The minimum Gasteiger partial charge on any atom is -0.493 e. The van der Waals surface area contributed by atoms with E-state index in [1.807, 2.05) is 13.8 Å². The zero-order valence-electron chi connectivity index (χ0n) is 15.1. The van der Waals surface area contributed by atoms with Gasteiger partial charge in [0.2, 0.25) is 5.88 Å². The molecule has 0 fully saturated rings. The molecule has 0 radical (unpaired) electrons. The van der Waals surface area contributed by atoms with Crippen molar-refractivity contribution < 1.29 is 19.0 Å². The van der Waals surface area contributed by atoms with Crippen LogP contribution in [0.15, 0.2) is 18.2 Å². The maximum Gasteiger partial charge on any atom is 0.305 e. The fourth-order valence-corrected chi connectivity index (χ4v) is 3.01. The van der Waals surface area contributed by atoms with E-state index in [1.165, 1.54) is 7.11 Å². The van der Waals surface area contributed by atoms with Crippen LogP contribution in [0.2, 0.25) is 15.2 Å². The highest BCUT2D eigenvalue weighted by Gasteiger charge is 2.15. The first-order valence-electron chi connectivity index (χ1n) is 8.21. The van der Waals surface area contributed by atoms with Gasteiger partial charge in [-0.2, -0.15) is 0 Å². The standard InChI is InChI=1S/C18H19Cl3N2O4/c1-10(2)12-9-15(22-23-18(12)21)27-17-13(19)7-11(8-14(17)20)26-6-4-5-16(24)25-3/h7-10H,4-6H2,1-3H3. The van der Waals surface area contributed by atoms with Gasteiger partial charge in [0.1, 0.15) is 5.75 Å². The van der Waals surface area contributed by atoms with E-state index in [-0.39, 0.29) is 40.0 Å². The Morgan fingerprint density at radius 3 is 2.37 bits per heavy atom. The van der Waals surface area contributed by atoms with Crippen molar-refractivity contribution in [2.75, 3.05) is 13.7 Å². The van der Waals surface area contributed by atoms with Crippen LogP contribution in [-0.4, -0.2) is 29.9 Å². The fraction of sp³-hybridized carbons (Fsp3) is 0.389. The normalized spacial score (nSPS) is 10.8. The molecule has 0 atom stereocenters. The molecule has 0 saturated heterocycles. The molecule has 0 unspecified atom stereocenters. The summed E-state index contributed by atoms with van der Waals surface area (Å²) < 4.78 is 15.8. The smallest absolute Gasteiger partial charge is 0.305 e. The number of hydrogen-bond acceptors (Lipinski definition) is 6. The van der Waals surface area contributed by atoms with Crippen LogP contribution in [0.5, 0.6) is 17.4 Å². The molecule has 146 valence electrons. The van der Waals surface area contributed by atoms with E-state index in [2.05, 4.69) is 14.9 Å². The highest BCUT2D eigenvalue weighted by atomic mass is 35.5. The second-order valence-corrected chi connectivity index (χ2v) is 7.10. The molecular weight excluding hydrogens is 415 g/mol. The van der Waals surface area contributed by atoms with E-state index in [0.29, 0.717) is 23.9 Å². The molecule has 0 saturated carbocycles. The maximum atomic E-state index is 11.1. The number of carbonyl (C=O) groups is 1. The van der Waals surface area contributed by atoms with Crippen LogP contribution < -0.4 is 9.47 Å². The highest BCUT2D eigenvalue weighted by Crippen LogP contribution is 2.39. The second-order valence-electron chi connectivity index (χ2n) is 5.93. The summed E-state index contributed by atoms with van der Waals surface area (Å²) in [6.07, 6.45) is 0.783. The molecule has 2 rings (SSSR count). The van der Waals surface area contributed by atoms with E-state index in [4.69, 9.17) is 44.3 Å². The van der Waals surface area contributed by atoms with Crippen LogP contribution >= 0.6 is 34.8 Å². The third-order valence-corrected chi connectivity index (χ3v) is 4.43. The summed E-state index contributed by atoms with van der Waals surface area (Å²) in [6, 6.07) is 4.85. The second kappa shape index (κ2) is 9.97. The summed E-state index contributed by atoms with van der Waals surface area (Å²) in [7, 11) is 1.34. The lowest BCUT2D eigenvalue weighted by atomic mass is 10.1. The number of nitrogens with zero attached hydrogens (tertiary/aromatic N) is 2. The van der Waals surface area contributed by atoms with Gasteiger partial charge in [-0.1, -0.05) is 48.7 Å². The quantitative estimate of drug-likeness (QED) is 0.394. The molecule has 0 amide bonds. The van der Waals surface area contributed by atoms with Gasteiger partial charge >= 0.3 is 5.97 Å². The Balaban J connectivity index is 2.08. The van der Waals surface area contributed by atoms with Crippen molar-refractivity contribution in [3.05, 3.63) is 39.0 Å². The summed E-state index contributed by atoms with van der Waals surface area (Å²) in [5, 5.41) is 8.64. The topological polar surface area (TPSA) is 70.5 Å². The maximum absolute atomic E-state index is 11.1. The zero-order chi connectivity index (χ0) is 20.0. The number of carbonyl (C=O) groups excluding carboxylic acids is 1. The van der Waals surface area contributed by atoms with Crippen molar-refractivity contribution in [2.45, 2.75) is 32.6 Å². The monoisotopic (exact) mass is 432 g/mol. The minimum absolute atomic E-state index is 0.155. The van der Waals surface area contributed by atoms with Crippen molar-refractivity contribution >= 4 is 40.8 Å². The van der Waals surface area contributed by atoms with Gasteiger partial charge in [-0.15, -0.1) is 10.2 Å². The lowest BCUT2D eigenvalue weighted by Crippen LogP contribution is -2.04. The minimum atomic E-state index is -0.289. The summed E-state index contributed by atoms with van der Waals surface area (Å²) >= 11 is 18.6. The largest absolute Gasteiger partial charge is 0.493 e. The third-order valence-electron chi connectivity index (χ3n) is 3.58. The van der Waals surface area contributed by atoms with Gasteiger partial charge in [0.25, 0.3) is 0 Å². The van der Waals surface area contributed by atoms with Crippen LogP contribution in [-0.2, 0) is 9.53 Å². The van der Waals surface area contributed by atoms with Gasteiger partial charge in [-0.3, -0.25) is 4.79 Å². The van der Waals surface area contributed by atoms with Crippen molar-refractivity contribution in [1.82, 2.24) is 10.2 Å². The van der Waals surface area contributed by atoms with Crippen LogP contribution in [0.3, 0.4) is 0 Å². The number of hydrogen-bond donors (Lipinski definition) is 0. The Morgan fingerprint density at radius 2 is 1.78 bits per heavy atom. The fourth-order valence-electron chi connectivity index (χ4n) is 2.16. The van der Waals surface area contributed by atoms with Crippen LogP contribution in [0.25, 0.3) is 0 Å².